The van der Waals surface area contributed by atoms with Crippen LogP contribution < -0.4 is 10.2 Å². The highest BCUT2D eigenvalue weighted by Crippen LogP contribution is 2.24. The summed E-state index contributed by atoms with van der Waals surface area (Å²) in [6.45, 7) is 4.74. The van der Waals surface area contributed by atoms with Gasteiger partial charge in [0, 0.05) is 44.5 Å². The van der Waals surface area contributed by atoms with Gasteiger partial charge in [-0.2, -0.15) is 4.31 Å². The maximum absolute atomic E-state index is 13.4. The van der Waals surface area contributed by atoms with Crippen molar-refractivity contribution < 1.29 is 17.6 Å². The van der Waals surface area contributed by atoms with E-state index in [0.717, 1.165) is 5.69 Å². The van der Waals surface area contributed by atoms with Gasteiger partial charge in [0.25, 0.3) is 0 Å². The summed E-state index contributed by atoms with van der Waals surface area (Å²) in [5.74, 6) is -0.560. The third-order valence-electron chi connectivity index (χ3n) is 4.54. The normalized spacial score (nSPS) is 15.6. The molecule has 0 unspecified atom stereocenters. The molecule has 1 fully saturated rings. The highest BCUT2D eigenvalue weighted by molar-refractivity contribution is 7.89. The highest BCUT2D eigenvalue weighted by Gasteiger charge is 2.29. The van der Waals surface area contributed by atoms with E-state index in [0.29, 0.717) is 37.4 Å². The van der Waals surface area contributed by atoms with Crippen molar-refractivity contribution in [1.82, 2.24) is 4.31 Å². The predicted molar refractivity (Wildman–Crippen MR) is 103 cm³/mol. The molecule has 1 aliphatic rings. The molecule has 1 N–H and O–H groups in total. The first-order valence-corrected chi connectivity index (χ1v) is 10.1. The summed E-state index contributed by atoms with van der Waals surface area (Å²) >= 11 is 0. The molecule has 2 aromatic carbocycles. The molecule has 144 valence electrons. The largest absolute Gasteiger partial charge is 0.369 e. The zero-order valence-corrected chi connectivity index (χ0v) is 16.1. The lowest BCUT2D eigenvalue weighted by Crippen LogP contribution is -2.48. The van der Waals surface area contributed by atoms with Crippen LogP contribution in [-0.4, -0.2) is 44.8 Å². The summed E-state index contributed by atoms with van der Waals surface area (Å²) in [6.07, 6.45) is 0. The first-order chi connectivity index (χ1) is 12.8. The molecule has 27 heavy (non-hydrogen) atoms. The monoisotopic (exact) mass is 391 g/mol. The van der Waals surface area contributed by atoms with Crippen LogP contribution in [0.5, 0.6) is 0 Å². The van der Waals surface area contributed by atoms with Gasteiger partial charge in [-0.15, -0.1) is 0 Å². The fourth-order valence-electron chi connectivity index (χ4n) is 3.10. The maximum atomic E-state index is 13.4. The molecular weight excluding hydrogens is 369 g/mol. The molecule has 0 atom stereocenters. The Balaban J connectivity index is 1.71. The Morgan fingerprint density at radius 2 is 1.78 bits per heavy atom. The molecular formula is C19H22FN3O3S. The quantitative estimate of drug-likeness (QED) is 0.870. The minimum atomic E-state index is -3.65. The predicted octanol–water partition coefficient (Wildman–Crippen LogP) is 2.60. The van der Waals surface area contributed by atoms with Crippen LogP contribution in [0.1, 0.15) is 12.5 Å². The van der Waals surface area contributed by atoms with Crippen molar-refractivity contribution in [3.8, 4) is 0 Å². The van der Waals surface area contributed by atoms with Crippen LogP contribution in [0.3, 0.4) is 0 Å². The number of benzene rings is 2. The Labute approximate surface area is 158 Å². The van der Waals surface area contributed by atoms with E-state index in [2.05, 4.69) is 10.2 Å². The number of anilines is 2. The van der Waals surface area contributed by atoms with Gasteiger partial charge in [-0.25, -0.2) is 12.8 Å². The second-order valence-electron chi connectivity index (χ2n) is 6.53. The molecule has 1 amide bonds. The fourth-order valence-corrected chi connectivity index (χ4v) is 4.60. The first kappa shape index (κ1) is 19.3. The lowest BCUT2D eigenvalue weighted by molar-refractivity contribution is -0.114. The van der Waals surface area contributed by atoms with Crippen molar-refractivity contribution in [3.63, 3.8) is 0 Å². The average Bonchev–Trinajstić information content (AvgIpc) is 2.63. The van der Waals surface area contributed by atoms with Crippen molar-refractivity contribution in [1.29, 1.82) is 0 Å². The molecule has 8 heteroatoms. The minimum Gasteiger partial charge on any atom is -0.369 e. The number of nitrogens with one attached hydrogen (secondary N) is 1. The zero-order valence-electron chi connectivity index (χ0n) is 15.3. The number of halogens is 1. The van der Waals surface area contributed by atoms with Gasteiger partial charge in [0.05, 0.1) is 4.90 Å². The summed E-state index contributed by atoms with van der Waals surface area (Å²) in [7, 11) is -3.65. The van der Waals surface area contributed by atoms with Crippen molar-refractivity contribution in [3.05, 3.63) is 53.8 Å². The van der Waals surface area contributed by atoms with E-state index in [1.165, 1.54) is 29.4 Å². The van der Waals surface area contributed by atoms with Gasteiger partial charge in [-0.3, -0.25) is 4.79 Å². The van der Waals surface area contributed by atoms with Gasteiger partial charge in [0.1, 0.15) is 5.82 Å². The Morgan fingerprint density at radius 3 is 2.41 bits per heavy atom. The molecule has 2 aromatic rings. The molecule has 0 aromatic heterocycles. The molecule has 0 saturated carbocycles. The van der Waals surface area contributed by atoms with Crippen LogP contribution in [0.25, 0.3) is 0 Å². The second-order valence-corrected chi connectivity index (χ2v) is 8.47. The number of sulfonamides is 1. The first-order valence-electron chi connectivity index (χ1n) is 8.66. The van der Waals surface area contributed by atoms with E-state index in [4.69, 9.17) is 0 Å². The van der Waals surface area contributed by atoms with E-state index in [1.807, 2.05) is 24.3 Å². The van der Waals surface area contributed by atoms with Crippen molar-refractivity contribution >= 4 is 27.3 Å². The number of aryl methyl sites for hydroxylation is 1. The molecule has 0 spiro atoms. The van der Waals surface area contributed by atoms with Gasteiger partial charge in [-0.05, 0) is 48.9 Å². The maximum Gasteiger partial charge on any atom is 0.243 e. The molecule has 1 aliphatic heterocycles. The summed E-state index contributed by atoms with van der Waals surface area (Å²) < 4.78 is 40.5. The summed E-state index contributed by atoms with van der Waals surface area (Å²) in [4.78, 5) is 13.4. The highest BCUT2D eigenvalue weighted by atomic mass is 32.2. The summed E-state index contributed by atoms with van der Waals surface area (Å²) in [5, 5.41) is 2.75. The number of piperazine rings is 1. The summed E-state index contributed by atoms with van der Waals surface area (Å²) in [5.41, 5.74) is 1.94. The number of hydrogen-bond acceptors (Lipinski definition) is 4. The Kier molecular flexibility index (Phi) is 5.48. The fraction of sp³-hybridized carbons (Fsp3) is 0.316. The molecule has 1 saturated heterocycles. The number of rotatable bonds is 4. The van der Waals surface area contributed by atoms with Crippen LogP contribution in [0.4, 0.5) is 15.8 Å². The van der Waals surface area contributed by atoms with E-state index in [9.17, 15) is 17.6 Å². The lowest BCUT2D eigenvalue weighted by Gasteiger charge is -2.35. The molecule has 1 heterocycles. The minimum absolute atomic E-state index is 0.113. The number of carbonyl (C=O) groups is 1. The smallest absolute Gasteiger partial charge is 0.243 e. The third kappa shape index (κ3) is 4.28. The standard InChI is InChI=1S/C19H22FN3O3S/c1-14-12-18(6-7-19(14)20)27(25,26)23-10-8-22(9-11-23)17-5-3-4-16(13-17)21-15(2)24/h3-7,12-13H,8-11H2,1-2H3,(H,21,24). The summed E-state index contributed by atoms with van der Waals surface area (Å²) in [6, 6.07) is 11.3. The number of hydrogen-bond donors (Lipinski definition) is 1. The van der Waals surface area contributed by atoms with Gasteiger partial charge in [0.2, 0.25) is 15.9 Å². The van der Waals surface area contributed by atoms with E-state index in [1.54, 1.807) is 6.92 Å². The van der Waals surface area contributed by atoms with Crippen LogP contribution >= 0.6 is 0 Å². The zero-order chi connectivity index (χ0) is 19.6. The SMILES string of the molecule is CC(=O)Nc1cccc(N2CCN(S(=O)(=O)c3ccc(F)c(C)c3)CC2)c1. The molecule has 6 nitrogen and oxygen atoms in total. The Morgan fingerprint density at radius 1 is 1.07 bits per heavy atom. The molecule has 0 bridgehead atoms. The van der Waals surface area contributed by atoms with Crippen LogP contribution in [0.2, 0.25) is 0 Å². The molecule has 0 aliphatic carbocycles. The van der Waals surface area contributed by atoms with Crippen LogP contribution in [-0.2, 0) is 14.8 Å². The lowest BCUT2D eigenvalue weighted by atomic mass is 10.2. The topological polar surface area (TPSA) is 69.7 Å². The van der Waals surface area contributed by atoms with Crippen LogP contribution in [0.15, 0.2) is 47.4 Å². The van der Waals surface area contributed by atoms with E-state index >= 15 is 0 Å². The number of nitrogens with zero attached hydrogens (tertiary/aromatic N) is 2. The van der Waals surface area contributed by atoms with Gasteiger partial charge < -0.3 is 10.2 Å². The number of amides is 1. The van der Waals surface area contributed by atoms with Crippen LogP contribution in [0, 0.1) is 12.7 Å². The van der Waals surface area contributed by atoms with Gasteiger partial charge in [0.15, 0.2) is 0 Å². The van der Waals surface area contributed by atoms with E-state index in [-0.39, 0.29) is 10.8 Å². The third-order valence-corrected chi connectivity index (χ3v) is 6.43. The van der Waals surface area contributed by atoms with E-state index < -0.39 is 15.8 Å². The average molecular weight is 391 g/mol. The Hall–Kier alpha value is -2.45. The van der Waals surface area contributed by atoms with Crippen molar-refractivity contribution in [2.75, 3.05) is 36.4 Å². The van der Waals surface area contributed by atoms with Gasteiger partial charge >= 0.3 is 0 Å². The van der Waals surface area contributed by atoms with Crippen molar-refractivity contribution in [2.24, 2.45) is 0 Å². The Bertz CT molecular complexity index is 954. The molecule has 3 rings (SSSR count). The number of carbonyl (C=O) groups excluding carboxylic acids is 1. The van der Waals surface area contributed by atoms with Crippen molar-refractivity contribution in [2.45, 2.75) is 18.7 Å². The van der Waals surface area contributed by atoms with Gasteiger partial charge in [-0.1, -0.05) is 6.07 Å². The second kappa shape index (κ2) is 7.66. The molecule has 0 radical (unpaired) electrons.